The molecule has 0 aromatic heterocycles. The Bertz CT molecular complexity index is 414. The number of rotatable bonds is 6. The van der Waals surface area contributed by atoms with Crippen molar-refractivity contribution in [3.63, 3.8) is 0 Å². The molecule has 0 heterocycles. The normalized spacial score (nSPS) is 10.4. The number of benzene rings is 1. The smallest absolute Gasteiger partial charge is 0.255 e. The third-order valence-corrected chi connectivity index (χ3v) is 3.31. The van der Waals surface area contributed by atoms with Crippen molar-refractivity contribution in [2.45, 2.75) is 0 Å². The first-order valence-corrected chi connectivity index (χ1v) is 6.61. The quantitative estimate of drug-likeness (QED) is 0.866. The molecule has 0 bridgehead atoms. The van der Waals surface area contributed by atoms with Gasteiger partial charge < -0.3 is 14.7 Å². The number of nitrogens with zero attached hydrogens (tertiary/aromatic N) is 1. The molecule has 6 heteroatoms. The van der Waals surface area contributed by atoms with E-state index in [4.69, 9.17) is 21.4 Å². The Morgan fingerprint density at radius 3 is 2.83 bits per heavy atom. The summed E-state index contributed by atoms with van der Waals surface area (Å²) < 4.78 is 5.62. The van der Waals surface area contributed by atoms with Gasteiger partial charge in [0.25, 0.3) is 5.91 Å². The third-order valence-electron chi connectivity index (χ3n) is 2.38. The van der Waals surface area contributed by atoms with Crippen molar-refractivity contribution in [3.05, 3.63) is 33.3 Å². The lowest BCUT2D eigenvalue weighted by atomic mass is 10.2. The Morgan fingerprint density at radius 2 is 2.22 bits per heavy atom. The molecule has 0 aliphatic carbocycles. The van der Waals surface area contributed by atoms with E-state index < -0.39 is 0 Å². The van der Waals surface area contributed by atoms with Crippen molar-refractivity contribution in [1.82, 2.24) is 4.90 Å². The monoisotopic (exact) mass is 335 g/mol. The second-order valence-electron chi connectivity index (χ2n) is 3.63. The first kappa shape index (κ1) is 15.4. The molecular weight excluding hydrogens is 321 g/mol. The SMILES string of the molecule is COCCN(CCO)C(=O)c1cc(Cl)ccc1Br. The lowest BCUT2D eigenvalue weighted by molar-refractivity contribution is 0.0655. The minimum atomic E-state index is -0.185. The molecule has 0 aliphatic rings. The lowest BCUT2D eigenvalue weighted by Gasteiger charge is -2.22. The zero-order valence-electron chi connectivity index (χ0n) is 10.0. The van der Waals surface area contributed by atoms with E-state index in [-0.39, 0.29) is 19.1 Å². The summed E-state index contributed by atoms with van der Waals surface area (Å²) in [6.07, 6.45) is 0. The predicted octanol–water partition coefficient (Wildman–Crippen LogP) is 2.18. The highest BCUT2D eigenvalue weighted by Gasteiger charge is 2.17. The largest absolute Gasteiger partial charge is 0.395 e. The second-order valence-corrected chi connectivity index (χ2v) is 4.92. The number of ether oxygens (including phenoxy) is 1. The fraction of sp³-hybridized carbons (Fsp3) is 0.417. The number of aliphatic hydroxyl groups is 1. The molecule has 100 valence electrons. The van der Waals surface area contributed by atoms with Crippen molar-refractivity contribution in [2.75, 3.05) is 33.4 Å². The molecule has 0 radical (unpaired) electrons. The van der Waals surface area contributed by atoms with E-state index >= 15 is 0 Å². The molecular formula is C12H15BrClNO3. The van der Waals surface area contributed by atoms with Gasteiger partial charge in [0, 0.05) is 29.7 Å². The number of hydrogen-bond acceptors (Lipinski definition) is 3. The molecule has 0 saturated carbocycles. The van der Waals surface area contributed by atoms with Gasteiger partial charge in [-0.15, -0.1) is 0 Å². The lowest BCUT2D eigenvalue weighted by Crippen LogP contribution is -2.36. The van der Waals surface area contributed by atoms with E-state index in [2.05, 4.69) is 15.9 Å². The van der Waals surface area contributed by atoms with Crippen LogP contribution in [0, 0.1) is 0 Å². The van der Waals surface area contributed by atoms with Crippen LogP contribution in [0.5, 0.6) is 0 Å². The van der Waals surface area contributed by atoms with Crippen LogP contribution in [0.3, 0.4) is 0 Å². The average Bonchev–Trinajstić information content (AvgIpc) is 2.36. The first-order chi connectivity index (χ1) is 8.60. The van der Waals surface area contributed by atoms with Crippen molar-refractivity contribution in [3.8, 4) is 0 Å². The fourth-order valence-corrected chi connectivity index (χ4v) is 2.06. The maximum Gasteiger partial charge on any atom is 0.255 e. The highest BCUT2D eigenvalue weighted by Crippen LogP contribution is 2.22. The number of carbonyl (C=O) groups excluding carboxylic acids is 1. The van der Waals surface area contributed by atoms with Crippen LogP contribution >= 0.6 is 27.5 Å². The molecule has 1 amide bonds. The van der Waals surface area contributed by atoms with Gasteiger partial charge in [-0.05, 0) is 34.1 Å². The van der Waals surface area contributed by atoms with Crippen molar-refractivity contribution in [2.24, 2.45) is 0 Å². The van der Waals surface area contributed by atoms with Gasteiger partial charge >= 0.3 is 0 Å². The van der Waals surface area contributed by atoms with Gasteiger partial charge in [-0.3, -0.25) is 4.79 Å². The van der Waals surface area contributed by atoms with Crippen LogP contribution in [0.2, 0.25) is 5.02 Å². The summed E-state index contributed by atoms with van der Waals surface area (Å²) in [5, 5.41) is 9.48. The van der Waals surface area contributed by atoms with Crippen LogP contribution in [0.15, 0.2) is 22.7 Å². The van der Waals surface area contributed by atoms with E-state index in [0.717, 1.165) is 0 Å². The Morgan fingerprint density at radius 1 is 1.50 bits per heavy atom. The second kappa shape index (κ2) is 7.74. The highest BCUT2D eigenvalue weighted by atomic mass is 79.9. The number of aliphatic hydroxyl groups excluding tert-OH is 1. The highest BCUT2D eigenvalue weighted by molar-refractivity contribution is 9.10. The minimum Gasteiger partial charge on any atom is -0.395 e. The van der Waals surface area contributed by atoms with Gasteiger partial charge in [-0.2, -0.15) is 0 Å². The summed E-state index contributed by atoms with van der Waals surface area (Å²) >= 11 is 9.20. The Labute approximate surface area is 120 Å². The summed E-state index contributed by atoms with van der Waals surface area (Å²) in [7, 11) is 1.57. The molecule has 0 spiro atoms. The molecule has 1 aromatic rings. The van der Waals surface area contributed by atoms with Crippen LogP contribution in [-0.4, -0.2) is 49.3 Å². The molecule has 0 aliphatic heterocycles. The number of methoxy groups -OCH3 is 1. The predicted molar refractivity (Wildman–Crippen MR) is 74.0 cm³/mol. The molecule has 0 fully saturated rings. The van der Waals surface area contributed by atoms with E-state index in [9.17, 15) is 4.79 Å². The zero-order chi connectivity index (χ0) is 13.5. The van der Waals surface area contributed by atoms with Gasteiger partial charge in [-0.1, -0.05) is 11.6 Å². The fourth-order valence-electron chi connectivity index (χ4n) is 1.47. The summed E-state index contributed by atoms with van der Waals surface area (Å²) in [6.45, 7) is 1.02. The van der Waals surface area contributed by atoms with Crippen LogP contribution in [0.1, 0.15) is 10.4 Å². The summed E-state index contributed by atoms with van der Waals surface area (Å²) in [4.78, 5) is 13.8. The van der Waals surface area contributed by atoms with Crippen molar-refractivity contribution in [1.29, 1.82) is 0 Å². The van der Waals surface area contributed by atoms with Crippen LogP contribution in [-0.2, 0) is 4.74 Å². The number of halogens is 2. The summed E-state index contributed by atoms with van der Waals surface area (Å²) in [5.41, 5.74) is 0.479. The van der Waals surface area contributed by atoms with Gasteiger partial charge in [-0.25, -0.2) is 0 Å². The van der Waals surface area contributed by atoms with E-state index in [1.54, 1.807) is 25.3 Å². The number of carbonyl (C=O) groups is 1. The van der Waals surface area contributed by atoms with Gasteiger partial charge in [0.1, 0.15) is 0 Å². The topological polar surface area (TPSA) is 49.8 Å². The Balaban J connectivity index is 2.90. The number of hydrogen-bond donors (Lipinski definition) is 1. The maximum atomic E-state index is 12.3. The van der Waals surface area contributed by atoms with E-state index in [0.29, 0.717) is 28.2 Å². The van der Waals surface area contributed by atoms with E-state index in [1.807, 2.05) is 0 Å². The van der Waals surface area contributed by atoms with E-state index in [1.165, 1.54) is 4.90 Å². The summed E-state index contributed by atoms with van der Waals surface area (Å²) in [6, 6.07) is 5.03. The minimum absolute atomic E-state index is 0.0896. The van der Waals surface area contributed by atoms with Crippen molar-refractivity contribution >= 4 is 33.4 Å². The molecule has 1 N–H and O–H groups in total. The Kier molecular flexibility index (Phi) is 6.63. The van der Waals surface area contributed by atoms with Crippen LogP contribution in [0.4, 0.5) is 0 Å². The molecule has 0 unspecified atom stereocenters. The standard InChI is InChI=1S/C12H15BrClNO3/c1-18-7-5-15(4-6-16)12(17)10-8-9(14)2-3-11(10)13/h2-3,8,16H,4-7H2,1H3. The third kappa shape index (κ3) is 4.24. The van der Waals surface area contributed by atoms with Gasteiger partial charge in [0.2, 0.25) is 0 Å². The van der Waals surface area contributed by atoms with Crippen molar-refractivity contribution < 1.29 is 14.6 Å². The average molecular weight is 337 g/mol. The summed E-state index contributed by atoms with van der Waals surface area (Å²) in [5.74, 6) is -0.185. The molecule has 1 aromatic carbocycles. The molecule has 0 saturated heterocycles. The number of amides is 1. The first-order valence-electron chi connectivity index (χ1n) is 5.44. The molecule has 0 atom stereocenters. The van der Waals surface area contributed by atoms with Crippen LogP contribution in [0.25, 0.3) is 0 Å². The molecule has 1 rings (SSSR count). The van der Waals surface area contributed by atoms with Gasteiger partial charge in [0.05, 0.1) is 18.8 Å². The molecule has 18 heavy (non-hydrogen) atoms. The molecule has 4 nitrogen and oxygen atoms in total. The Hall–Kier alpha value is -0.620. The van der Waals surface area contributed by atoms with Crippen LogP contribution < -0.4 is 0 Å². The maximum absolute atomic E-state index is 12.3. The zero-order valence-corrected chi connectivity index (χ0v) is 12.4. The van der Waals surface area contributed by atoms with Gasteiger partial charge in [0.15, 0.2) is 0 Å².